The van der Waals surface area contributed by atoms with Crippen LogP contribution in [0.5, 0.6) is 0 Å². The number of halogens is 3. The molecule has 1 amide bonds. The van der Waals surface area contributed by atoms with Gasteiger partial charge in [0.2, 0.25) is 0 Å². The molecule has 4 heterocycles. The number of carbonyl (C=O) groups is 2. The minimum atomic E-state index is -5.08. The third-order valence-corrected chi connectivity index (χ3v) is 5.95. The average Bonchev–Trinajstić information content (AvgIpc) is 3.32. The van der Waals surface area contributed by atoms with Crippen LogP contribution in [0.2, 0.25) is 0 Å². The van der Waals surface area contributed by atoms with Crippen molar-refractivity contribution in [2.45, 2.75) is 51.2 Å². The molecule has 2 fully saturated rings. The number of rotatable bonds is 4. The molecule has 2 aliphatic heterocycles. The summed E-state index contributed by atoms with van der Waals surface area (Å²) < 4.78 is 49.1. The number of carbonyl (C=O) groups excluding carboxylic acids is 1. The Morgan fingerprint density at radius 2 is 2.06 bits per heavy atom. The molecule has 8 nitrogen and oxygen atoms in total. The molecule has 2 aromatic rings. The molecule has 0 aliphatic carbocycles. The SMILES string of the molecule is Cc1nc(COC2CCOC3(C2)CN(C(=O)c2occc2C)C3)cs1.O=C(O)C(F)(F)F. The zero-order valence-corrected chi connectivity index (χ0v) is 18.3. The van der Waals surface area contributed by atoms with Gasteiger partial charge in [-0.05, 0) is 26.3 Å². The lowest BCUT2D eigenvalue weighted by Gasteiger charge is -2.52. The molecule has 0 aromatic carbocycles. The monoisotopic (exact) mass is 476 g/mol. The number of amides is 1. The van der Waals surface area contributed by atoms with Gasteiger partial charge in [0.1, 0.15) is 5.60 Å². The number of hydrogen-bond acceptors (Lipinski definition) is 7. The molecule has 1 unspecified atom stereocenters. The van der Waals surface area contributed by atoms with Gasteiger partial charge in [0.05, 0.1) is 42.8 Å². The maximum absolute atomic E-state index is 12.5. The number of aliphatic carboxylic acids is 1. The minimum Gasteiger partial charge on any atom is -0.475 e. The molecule has 4 rings (SSSR count). The van der Waals surface area contributed by atoms with Crippen LogP contribution in [0.3, 0.4) is 0 Å². The van der Waals surface area contributed by atoms with Gasteiger partial charge in [0, 0.05) is 24.0 Å². The fraction of sp³-hybridized carbons (Fsp3) is 0.550. The second-order valence-corrected chi connectivity index (χ2v) is 8.77. The van der Waals surface area contributed by atoms with Crippen LogP contribution in [0.1, 0.15) is 39.7 Å². The number of furan rings is 1. The molecule has 0 saturated carbocycles. The molecule has 1 spiro atoms. The summed E-state index contributed by atoms with van der Waals surface area (Å²) >= 11 is 1.64. The summed E-state index contributed by atoms with van der Waals surface area (Å²) in [5.74, 6) is -2.39. The summed E-state index contributed by atoms with van der Waals surface area (Å²) in [4.78, 5) is 27.6. The van der Waals surface area contributed by atoms with E-state index in [0.29, 0.717) is 32.1 Å². The second kappa shape index (κ2) is 9.59. The second-order valence-electron chi connectivity index (χ2n) is 7.71. The van der Waals surface area contributed by atoms with E-state index in [9.17, 15) is 18.0 Å². The van der Waals surface area contributed by atoms with Gasteiger partial charge in [-0.3, -0.25) is 4.79 Å². The smallest absolute Gasteiger partial charge is 0.475 e. The number of thiazole rings is 1. The first-order chi connectivity index (χ1) is 15.0. The van der Waals surface area contributed by atoms with Crippen molar-refractivity contribution in [1.29, 1.82) is 0 Å². The van der Waals surface area contributed by atoms with Crippen LogP contribution in [0.15, 0.2) is 22.1 Å². The third-order valence-electron chi connectivity index (χ3n) is 5.13. The predicted molar refractivity (Wildman–Crippen MR) is 106 cm³/mol. The van der Waals surface area contributed by atoms with Gasteiger partial charge in [-0.1, -0.05) is 0 Å². The molecule has 0 bridgehead atoms. The molecule has 12 heteroatoms. The van der Waals surface area contributed by atoms with Crippen molar-refractivity contribution in [3.63, 3.8) is 0 Å². The van der Waals surface area contributed by atoms with E-state index < -0.39 is 12.1 Å². The van der Waals surface area contributed by atoms with E-state index in [-0.39, 0.29) is 17.6 Å². The Kier molecular flexibility index (Phi) is 7.25. The maximum atomic E-state index is 12.5. The number of nitrogens with zero attached hydrogens (tertiary/aromatic N) is 2. The molecule has 32 heavy (non-hydrogen) atoms. The van der Waals surface area contributed by atoms with Crippen LogP contribution < -0.4 is 0 Å². The van der Waals surface area contributed by atoms with Crippen molar-refractivity contribution in [2.75, 3.05) is 19.7 Å². The highest BCUT2D eigenvalue weighted by Gasteiger charge is 2.50. The molecule has 0 radical (unpaired) electrons. The Labute approximate surface area is 185 Å². The fourth-order valence-corrected chi connectivity index (χ4v) is 4.15. The van der Waals surface area contributed by atoms with Crippen LogP contribution >= 0.6 is 11.3 Å². The first kappa shape index (κ1) is 24.2. The van der Waals surface area contributed by atoms with Gasteiger partial charge in [-0.15, -0.1) is 11.3 Å². The number of ether oxygens (including phenoxy) is 2. The zero-order chi connectivity index (χ0) is 23.5. The number of alkyl halides is 3. The van der Waals surface area contributed by atoms with E-state index in [4.69, 9.17) is 23.8 Å². The van der Waals surface area contributed by atoms with Crippen molar-refractivity contribution >= 4 is 23.2 Å². The van der Waals surface area contributed by atoms with Crippen molar-refractivity contribution < 1.29 is 41.8 Å². The Morgan fingerprint density at radius 3 is 2.59 bits per heavy atom. The van der Waals surface area contributed by atoms with E-state index in [0.717, 1.165) is 29.1 Å². The summed E-state index contributed by atoms with van der Waals surface area (Å²) in [5, 5.41) is 10.2. The normalized spacial score (nSPS) is 19.8. The summed E-state index contributed by atoms with van der Waals surface area (Å²) in [6, 6.07) is 1.81. The summed E-state index contributed by atoms with van der Waals surface area (Å²) in [5.41, 5.74) is 1.59. The van der Waals surface area contributed by atoms with E-state index >= 15 is 0 Å². The topological polar surface area (TPSA) is 102 Å². The molecule has 1 atom stereocenters. The molecular formula is C20H23F3N2O6S. The fourth-order valence-electron chi connectivity index (χ4n) is 3.55. The average molecular weight is 476 g/mol. The Bertz CT molecular complexity index is 951. The number of aryl methyl sites for hydroxylation is 2. The minimum absolute atomic E-state index is 0.0577. The quantitative estimate of drug-likeness (QED) is 0.720. The zero-order valence-electron chi connectivity index (χ0n) is 17.5. The number of aromatic nitrogens is 1. The van der Waals surface area contributed by atoms with Gasteiger partial charge in [0.15, 0.2) is 5.76 Å². The van der Waals surface area contributed by atoms with Crippen LogP contribution in [0.4, 0.5) is 13.2 Å². The van der Waals surface area contributed by atoms with Gasteiger partial charge < -0.3 is 23.9 Å². The third kappa shape index (κ3) is 5.87. The van der Waals surface area contributed by atoms with Crippen LogP contribution in [0, 0.1) is 13.8 Å². The van der Waals surface area contributed by atoms with Crippen LogP contribution in [0.25, 0.3) is 0 Å². The van der Waals surface area contributed by atoms with E-state index in [1.165, 1.54) is 0 Å². The first-order valence-electron chi connectivity index (χ1n) is 9.79. The van der Waals surface area contributed by atoms with Crippen LogP contribution in [-0.2, 0) is 20.9 Å². The highest BCUT2D eigenvalue weighted by Crippen LogP contribution is 2.36. The number of carboxylic acids is 1. The molecular weight excluding hydrogens is 453 g/mol. The standard InChI is InChI=1S/C18H22N2O4S.C2HF3O2/c1-12-3-5-22-16(12)17(21)20-10-18(11-20)7-15(4-6-24-18)23-8-14-9-25-13(2)19-14;3-2(4,5)1(6)7/h3,5,9,15H,4,6-8,10-11H2,1-2H3;(H,6,7). The number of carboxylic acid groups (broad SMARTS) is 1. The maximum Gasteiger partial charge on any atom is 0.490 e. The molecule has 2 saturated heterocycles. The molecule has 176 valence electrons. The summed E-state index contributed by atoms with van der Waals surface area (Å²) in [6.45, 7) is 6.29. The number of hydrogen-bond donors (Lipinski definition) is 1. The predicted octanol–water partition coefficient (Wildman–Crippen LogP) is 3.58. The molecule has 2 aliphatic rings. The van der Waals surface area contributed by atoms with Gasteiger partial charge in [-0.2, -0.15) is 13.2 Å². The van der Waals surface area contributed by atoms with E-state index in [2.05, 4.69) is 4.98 Å². The Balaban J connectivity index is 0.000000360. The van der Waals surface area contributed by atoms with E-state index in [1.807, 2.05) is 25.3 Å². The van der Waals surface area contributed by atoms with Crippen molar-refractivity contribution in [1.82, 2.24) is 9.88 Å². The largest absolute Gasteiger partial charge is 0.490 e. The van der Waals surface area contributed by atoms with Crippen LogP contribution in [-0.4, -0.2) is 64.4 Å². The van der Waals surface area contributed by atoms with Gasteiger partial charge in [0.25, 0.3) is 5.91 Å². The van der Waals surface area contributed by atoms with Crippen molar-refractivity contribution in [3.8, 4) is 0 Å². The van der Waals surface area contributed by atoms with Crippen molar-refractivity contribution in [2.24, 2.45) is 0 Å². The lowest BCUT2D eigenvalue weighted by Crippen LogP contribution is -2.67. The summed E-state index contributed by atoms with van der Waals surface area (Å²) in [7, 11) is 0. The van der Waals surface area contributed by atoms with Gasteiger partial charge in [-0.25, -0.2) is 9.78 Å². The summed E-state index contributed by atoms with van der Waals surface area (Å²) in [6.07, 6.45) is -1.68. The first-order valence-corrected chi connectivity index (χ1v) is 10.7. The lowest BCUT2D eigenvalue weighted by atomic mass is 9.84. The molecule has 2 aromatic heterocycles. The van der Waals surface area contributed by atoms with Gasteiger partial charge >= 0.3 is 12.1 Å². The Hall–Kier alpha value is -2.44. The van der Waals surface area contributed by atoms with E-state index in [1.54, 1.807) is 22.5 Å². The Morgan fingerprint density at radius 1 is 1.38 bits per heavy atom. The lowest BCUT2D eigenvalue weighted by molar-refractivity contribution is -0.192. The highest BCUT2D eigenvalue weighted by molar-refractivity contribution is 7.09. The highest BCUT2D eigenvalue weighted by atomic mass is 32.1. The molecule has 1 N–H and O–H groups in total. The number of likely N-dealkylation sites (tertiary alicyclic amines) is 1. The van der Waals surface area contributed by atoms with Crippen molar-refractivity contribution in [3.05, 3.63) is 39.7 Å².